The van der Waals surface area contributed by atoms with Gasteiger partial charge in [0.25, 0.3) is 0 Å². The summed E-state index contributed by atoms with van der Waals surface area (Å²) in [5, 5.41) is 0. The summed E-state index contributed by atoms with van der Waals surface area (Å²) >= 11 is 0. The number of Topliss-reactive ketones (excluding diaryl/α,β-unsaturated/α-hetero) is 1. The lowest BCUT2D eigenvalue weighted by molar-refractivity contribution is -0.121. The lowest BCUT2D eigenvalue weighted by Crippen LogP contribution is -2.15. The molecule has 2 fully saturated rings. The number of hydrogen-bond acceptors (Lipinski definition) is 5. The maximum Gasteiger partial charge on any atom is 0.196 e. The van der Waals surface area contributed by atoms with Crippen LogP contribution in [0.1, 0.15) is 23.7 Å². The molecule has 0 radical (unpaired) electrons. The largest absolute Gasteiger partial charge is 0.466 e. The predicted octanol–water partition coefficient (Wildman–Crippen LogP) is 2.02. The fourth-order valence-corrected chi connectivity index (χ4v) is 2.16. The molecule has 5 nitrogen and oxygen atoms in total. The van der Waals surface area contributed by atoms with Gasteiger partial charge < -0.3 is 18.3 Å². The number of ether oxygens (including phenoxy) is 2. The van der Waals surface area contributed by atoms with Crippen LogP contribution in [0.4, 0.5) is 0 Å². The standard InChI is InChI=1S/C13H10O5/c14-9(12-10(17-12)7-3-1-5-15-7)13-11(18-13)8-4-2-6-16-8/h1-6,10-13H/t10-,11-,12-,13-/m0/s1. The number of carbonyl (C=O) groups excluding carboxylic acids is 1. The second kappa shape index (κ2) is 3.57. The van der Waals surface area contributed by atoms with E-state index in [0.717, 1.165) is 0 Å². The Hall–Kier alpha value is -1.85. The molecule has 4 atom stereocenters. The molecule has 0 spiro atoms. The molecule has 0 aromatic carbocycles. The van der Waals surface area contributed by atoms with Crippen molar-refractivity contribution in [1.29, 1.82) is 0 Å². The molecule has 4 rings (SSSR count). The van der Waals surface area contributed by atoms with Crippen molar-refractivity contribution in [1.82, 2.24) is 0 Å². The van der Waals surface area contributed by atoms with Crippen molar-refractivity contribution >= 4 is 5.78 Å². The van der Waals surface area contributed by atoms with Crippen molar-refractivity contribution in [2.45, 2.75) is 24.4 Å². The molecule has 2 aliphatic heterocycles. The van der Waals surface area contributed by atoms with E-state index in [1.165, 1.54) is 0 Å². The topological polar surface area (TPSA) is 68.4 Å². The monoisotopic (exact) mass is 246 g/mol. The number of hydrogen-bond donors (Lipinski definition) is 0. The molecule has 92 valence electrons. The third-order valence-corrected chi connectivity index (χ3v) is 3.19. The minimum atomic E-state index is -0.443. The fraction of sp³-hybridized carbons (Fsp3) is 0.308. The highest BCUT2D eigenvalue weighted by atomic mass is 16.6. The highest BCUT2D eigenvalue weighted by Crippen LogP contribution is 2.47. The molecule has 0 amide bonds. The van der Waals surface area contributed by atoms with Gasteiger partial charge in [0.2, 0.25) is 0 Å². The first-order chi connectivity index (χ1) is 8.84. The van der Waals surface area contributed by atoms with Crippen molar-refractivity contribution < 1.29 is 23.1 Å². The summed E-state index contributed by atoms with van der Waals surface area (Å²) in [6.07, 6.45) is 1.74. The summed E-state index contributed by atoms with van der Waals surface area (Å²) < 4.78 is 21.1. The third kappa shape index (κ3) is 1.52. The first-order valence-corrected chi connectivity index (χ1v) is 5.76. The predicted molar refractivity (Wildman–Crippen MR) is 57.7 cm³/mol. The van der Waals surface area contributed by atoms with Gasteiger partial charge >= 0.3 is 0 Å². The van der Waals surface area contributed by atoms with Gasteiger partial charge in [0, 0.05) is 0 Å². The Labute approximate surface area is 102 Å². The van der Waals surface area contributed by atoms with Crippen LogP contribution in [0, 0.1) is 0 Å². The number of epoxide rings is 2. The van der Waals surface area contributed by atoms with Gasteiger partial charge in [-0.25, -0.2) is 0 Å². The molecule has 18 heavy (non-hydrogen) atoms. The maximum absolute atomic E-state index is 12.0. The highest BCUT2D eigenvalue weighted by Gasteiger charge is 2.58. The van der Waals surface area contributed by atoms with Gasteiger partial charge in [-0.05, 0) is 24.3 Å². The van der Waals surface area contributed by atoms with Crippen LogP contribution in [-0.4, -0.2) is 18.0 Å². The van der Waals surface area contributed by atoms with E-state index in [-0.39, 0.29) is 18.0 Å². The summed E-state index contributed by atoms with van der Waals surface area (Å²) in [7, 11) is 0. The van der Waals surface area contributed by atoms with Crippen LogP contribution in [-0.2, 0) is 14.3 Å². The van der Waals surface area contributed by atoms with E-state index in [0.29, 0.717) is 11.5 Å². The molecule has 0 N–H and O–H groups in total. The number of furan rings is 2. The van der Waals surface area contributed by atoms with Crippen LogP contribution in [0.5, 0.6) is 0 Å². The Bertz CT molecular complexity index is 506. The SMILES string of the molecule is O=C([C@@H]1O[C@H]1c1ccco1)[C@@H]1O[C@H]1c1ccco1. The van der Waals surface area contributed by atoms with Gasteiger partial charge in [0.15, 0.2) is 18.0 Å². The molecular formula is C13H10O5. The van der Waals surface area contributed by atoms with Crippen LogP contribution in [0.2, 0.25) is 0 Å². The zero-order chi connectivity index (χ0) is 12.1. The molecule has 2 aromatic heterocycles. The quantitative estimate of drug-likeness (QED) is 0.772. The summed E-state index contributed by atoms with van der Waals surface area (Å²) in [6, 6.07) is 7.15. The number of carbonyl (C=O) groups is 1. The minimum Gasteiger partial charge on any atom is -0.466 e. The maximum atomic E-state index is 12.0. The fourth-order valence-electron chi connectivity index (χ4n) is 2.16. The van der Waals surface area contributed by atoms with E-state index < -0.39 is 12.2 Å². The Morgan fingerprint density at radius 2 is 1.39 bits per heavy atom. The zero-order valence-corrected chi connectivity index (χ0v) is 9.31. The molecule has 2 saturated heterocycles. The number of rotatable bonds is 4. The molecule has 0 unspecified atom stereocenters. The molecule has 2 aromatic rings. The van der Waals surface area contributed by atoms with E-state index in [1.807, 2.05) is 0 Å². The first-order valence-electron chi connectivity index (χ1n) is 5.76. The Kier molecular flexibility index (Phi) is 2.00. The van der Waals surface area contributed by atoms with Crippen molar-refractivity contribution in [2.75, 3.05) is 0 Å². The van der Waals surface area contributed by atoms with E-state index in [1.54, 1.807) is 36.8 Å². The Balaban J connectivity index is 1.42. The summed E-state index contributed by atoms with van der Waals surface area (Å²) in [5.41, 5.74) is 0. The van der Waals surface area contributed by atoms with Crippen LogP contribution < -0.4 is 0 Å². The second-order valence-electron chi connectivity index (χ2n) is 4.39. The number of ketones is 1. The van der Waals surface area contributed by atoms with Crippen molar-refractivity contribution in [3.8, 4) is 0 Å². The molecule has 4 heterocycles. The first kappa shape index (κ1) is 10.1. The molecule has 0 saturated carbocycles. The Morgan fingerprint density at radius 1 is 0.889 bits per heavy atom. The smallest absolute Gasteiger partial charge is 0.196 e. The van der Waals surface area contributed by atoms with Gasteiger partial charge in [0.05, 0.1) is 12.5 Å². The Morgan fingerprint density at radius 3 is 1.78 bits per heavy atom. The van der Waals surface area contributed by atoms with Gasteiger partial charge in [-0.15, -0.1) is 0 Å². The third-order valence-electron chi connectivity index (χ3n) is 3.19. The molecular weight excluding hydrogens is 236 g/mol. The zero-order valence-electron chi connectivity index (χ0n) is 9.31. The second-order valence-corrected chi connectivity index (χ2v) is 4.39. The van der Waals surface area contributed by atoms with Crippen LogP contribution >= 0.6 is 0 Å². The van der Waals surface area contributed by atoms with E-state index in [9.17, 15) is 4.79 Å². The van der Waals surface area contributed by atoms with Gasteiger partial charge in [-0.1, -0.05) is 0 Å². The summed E-state index contributed by atoms with van der Waals surface area (Å²) in [6.45, 7) is 0. The summed E-state index contributed by atoms with van der Waals surface area (Å²) in [5.74, 6) is 1.32. The van der Waals surface area contributed by atoms with Gasteiger partial charge in [0.1, 0.15) is 23.7 Å². The lowest BCUT2D eigenvalue weighted by atomic mass is 10.1. The van der Waals surface area contributed by atoms with Crippen molar-refractivity contribution in [3.05, 3.63) is 48.3 Å². The minimum absolute atomic E-state index is 0.0437. The lowest BCUT2D eigenvalue weighted by Gasteiger charge is -1.89. The van der Waals surface area contributed by atoms with Crippen LogP contribution in [0.3, 0.4) is 0 Å². The highest BCUT2D eigenvalue weighted by molar-refractivity contribution is 5.92. The average Bonchev–Trinajstić information content (AvgIpc) is 3.23. The van der Waals surface area contributed by atoms with E-state index in [2.05, 4.69) is 0 Å². The van der Waals surface area contributed by atoms with Crippen LogP contribution in [0.25, 0.3) is 0 Å². The van der Waals surface area contributed by atoms with Gasteiger partial charge in [-0.3, -0.25) is 4.79 Å². The van der Waals surface area contributed by atoms with Crippen LogP contribution in [0.15, 0.2) is 45.6 Å². The molecule has 5 heteroatoms. The normalized spacial score (nSPS) is 33.3. The van der Waals surface area contributed by atoms with Gasteiger partial charge in [-0.2, -0.15) is 0 Å². The van der Waals surface area contributed by atoms with E-state index >= 15 is 0 Å². The molecule has 0 bridgehead atoms. The van der Waals surface area contributed by atoms with Crippen molar-refractivity contribution in [3.63, 3.8) is 0 Å². The van der Waals surface area contributed by atoms with Crippen molar-refractivity contribution in [2.24, 2.45) is 0 Å². The average molecular weight is 246 g/mol. The van der Waals surface area contributed by atoms with E-state index in [4.69, 9.17) is 18.3 Å². The summed E-state index contributed by atoms with van der Waals surface area (Å²) in [4.78, 5) is 12.0. The molecule has 2 aliphatic rings. The molecule has 0 aliphatic carbocycles.